The van der Waals surface area contributed by atoms with E-state index in [9.17, 15) is 4.79 Å². The van der Waals surface area contributed by atoms with Crippen LogP contribution in [0.3, 0.4) is 0 Å². The molecule has 134 valence electrons. The fourth-order valence-electron chi connectivity index (χ4n) is 1.95. The number of hydrogen-bond donors (Lipinski definition) is 3. The number of unbranched alkanes of at least 4 members (excludes halogenated alkanes) is 1. The van der Waals surface area contributed by atoms with Crippen LogP contribution in [0, 0.1) is 0 Å². The van der Waals surface area contributed by atoms with Gasteiger partial charge in [-0.25, -0.2) is 0 Å². The molecule has 1 rings (SSSR count). The lowest BCUT2D eigenvalue weighted by molar-refractivity contribution is 0.0954. The average Bonchev–Trinajstić information content (AvgIpc) is 2.58. The Hall–Kier alpha value is -1.40. The van der Waals surface area contributed by atoms with Crippen LogP contribution < -0.4 is 16.0 Å². The Morgan fingerprint density at radius 3 is 2.50 bits per heavy atom. The van der Waals surface area contributed by atoms with E-state index in [1.54, 1.807) is 24.3 Å². The minimum Gasteiger partial charge on any atom is -0.357 e. The molecule has 0 saturated heterocycles. The summed E-state index contributed by atoms with van der Waals surface area (Å²) in [7, 11) is 0. The highest BCUT2D eigenvalue weighted by molar-refractivity contribution is 7.98. The maximum atomic E-state index is 12.0. The number of carbonyl (C=O) groups is 1. The molecular formula is C17H27ClN4OS. The first-order valence-electron chi connectivity index (χ1n) is 8.22. The second-order valence-corrected chi connectivity index (χ2v) is 6.57. The van der Waals surface area contributed by atoms with Crippen LogP contribution in [0.4, 0.5) is 0 Å². The van der Waals surface area contributed by atoms with Crippen molar-refractivity contribution in [3.8, 4) is 0 Å². The number of carbonyl (C=O) groups excluding carboxylic acids is 1. The van der Waals surface area contributed by atoms with Gasteiger partial charge in [-0.1, -0.05) is 11.6 Å². The molecule has 0 atom stereocenters. The monoisotopic (exact) mass is 370 g/mol. The predicted molar refractivity (Wildman–Crippen MR) is 105 cm³/mol. The summed E-state index contributed by atoms with van der Waals surface area (Å²) in [5.41, 5.74) is 0.605. The first-order valence-corrected chi connectivity index (χ1v) is 9.99. The lowest BCUT2D eigenvalue weighted by Gasteiger charge is -2.12. The molecule has 5 nitrogen and oxygen atoms in total. The van der Waals surface area contributed by atoms with Gasteiger partial charge in [0, 0.05) is 36.8 Å². The number of halogens is 1. The molecule has 0 aliphatic carbocycles. The predicted octanol–water partition coefficient (Wildman–Crippen LogP) is 2.77. The quantitative estimate of drug-likeness (QED) is 0.336. The third-order valence-corrected chi connectivity index (χ3v) is 4.13. The molecule has 7 heteroatoms. The van der Waals surface area contributed by atoms with E-state index < -0.39 is 0 Å². The van der Waals surface area contributed by atoms with Crippen molar-refractivity contribution in [2.24, 2.45) is 4.99 Å². The molecule has 0 saturated carbocycles. The molecule has 1 aromatic carbocycles. The van der Waals surface area contributed by atoms with Crippen molar-refractivity contribution >= 4 is 35.2 Å². The van der Waals surface area contributed by atoms with Crippen LogP contribution in [0.1, 0.15) is 30.1 Å². The van der Waals surface area contributed by atoms with Crippen molar-refractivity contribution in [1.82, 2.24) is 16.0 Å². The van der Waals surface area contributed by atoms with E-state index in [0.717, 1.165) is 25.5 Å². The highest BCUT2D eigenvalue weighted by Crippen LogP contribution is 2.09. The molecule has 1 amide bonds. The average molecular weight is 371 g/mol. The van der Waals surface area contributed by atoms with E-state index in [4.69, 9.17) is 11.6 Å². The normalized spacial score (nSPS) is 11.2. The third-order valence-electron chi connectivity index (χ3n) is 3.18. The van der Waals surface area contributed by atoms with Gasteiger partial charge >= 0.3 is 0 Å². The Morgan fingerprint density at radius 1 is 1.12 bits per heavy atom. The third kappa shape index (κ3) is 9.03. The number of benzene rings is 1. The van der Waals surface area contributed by atoms with Crippen molar-refractivity contribution in [2.45, 2.75) is 19.8 Å². The first-order chi connectivity index (χ1) is 11.7. The number of hydrogen-bond acceptors (Lipinski definition) is 3. The van der Waals surface area contributed by atoms with Gasteiger partial charge in [-0.3, -0.25) is 9.79 Å². The number of thioether (sulfide) groups is 1. The number of guanidine groups is 1. The van der Waals surface area contributed by atoms with Crippen molar-refractivity contribution in [3.05, 3.63) is 34.9 Å². The van der Waals surface area contributed by atoms with Gasteiger partial charge in [0.1, 0.15) is 0 Å². The van der Waals surface area contributed by atoms with Crippen molar-refractivity contribution in [2.75, 3.05) is 38.2 Å². The molecule has 0 bridgehead atoms. The van der Waals surface area contributed by atoms with Gasteiger partial charge in [-0.2, -0.15) is 11.8 Å². The summed E-state index contributed by atoms with van der Waals surface area (Å²) in [6, 6.07) is 6.85. The highest BCUT2D eigenvalue weighted by Gasteiger charge is 2.04. The van der Waals surface area contributed by atoms with E-state index in [0.29, 0.717) is 23.7 Å². The van der Waals surface area contributed by atoms with Crippen LogP contribution >= 0.6 is 23.4 Å². The Bertz CT molecular complexity index is 508. The number of amides is 1. The lowest BCUT2D eigenvalue weighted by Crippen LogP contribution is -2.41. The Labute approximate surface area is 154 Å². The number of nitrogens with one attached hydrogen (secondary N) is 3. The second kappa shape index (κ2) is 13.0. The van der Waals surface area contributed by atoms with E-state index in [2.05, 4.69) is 27.2 Å². The van der Waals surface area contributed by atoms with Crippen LogP contribution in [0.15, 0.2) is 29.3 Å². The number of nitrogens with zero attached hydrogens (tertiary/aromatic N) is 1. The summed E-state index contributed by atoms with van der Waals surface area (Å²) in [6.45, 7) is 4.81. The van der Waals surface area contributed by atoms with Gasteiger partial charge in [-0.05, 0) is 56.0 Å². The van der Waals surface area contributed by atoms with Crippen molar-refractivity contribution < 1.29 is 4.79 Å². The number of aliphatic imine (C=N–C) groups is 1. The molecule has 0 aliphatic heterocycles. The fourth-order valence-corrected chi connectivity index (χ4v) is 2.57. The molecule has 24 heavy (non-hydrogen) atoms. The molecule has 3 N–H and O–H groups in total. The smallest absolute Gasteiger partial charge is 0.251 e. The zero-order valence-corrected chi connectivity index (χ0v) is 16.0. The molecule has 0 aromatic heterocycles. The Kier molecular flexibility index (Phi) is 11.1. The van der Waals surface area contributed by atoms with E-state index in [-0.39, 0.29) is 5.91 Å². The summed E-state index contributed by atoms with van der Waals surface area (Å²) in [5, 5.41) is 9.92. The van der Waals surface area contributed by atoms with E-state index in [1.165, 1.54) is 12.2 Å². The minimum absolute atomic E-state index is 0.104. The van der Waals surface area contributed by atoms with Crippen LogP contribution in [0.2, 0.25) is 5.02 Å². The van der Waals surface area contributed by atoms with Crippen molar-refractivity contribution in [1.29, 1.82) is 0 Å². The SMILES string of the molecule is CCNC(=NCCCCSC)NCCNC(=O)c1ccc(Cl)cc1. The topological polar surface area (TPSA) is 65.5 Å². The zero-order valence-electron chi connectivity index (χ0n) is 14.4. The highest BCUT2D eigenvalue weighted by atomic mass is 35.5. The van der Waals surface area contributed by atoms with Gasteiger partial charge in [0.15, 0.2) is 5.96 Å². The summed E-state index contributed by atoms with van der Waals surface area (Å²) < 4.78 is 0. The largest absolute Gasteiger partial charge is 0.357 e. The maximum absolute atomic E-state index is 12.0. The zero-order chi connectivity index (χ0) is 17.6. The molecule has 0 fully saturated rings. The van der Waals surface area contributed by atoms with Gasteiger partial charge < -0.3 is 16.0 Å². The van der Waals surface area contributed by atoms with Gasteiger partial charge in [0.05, 0.1) is 0 Å². The van der Waals surface area contributed by atoms with Gasteiger partial charge in [-0.15, -0.1) is 0 Å². The fraction of sp³-hybridized carbons (Fsp3) is 0.529. The lowest BCUT2D eigenvalue weighted by atomic mass is 10.2. The van der Waals surface area contributed by atoms with E-state index in [1.807, 2.05) is 18.7 Å². The summed E-state index contributed by atoms with van der Waals surface area (Å²) in [6.07, 6.45) is 4.39. The van der Waals surface area contributed by atoms with Crippen LogP contribution in [-0.2, 0) is 0 Å². The molecule has 0 aliphatic rings. The summed E-state index contributed by atoms with van der Waals surface area (Å²) in [4.78, 5) is 16.5. The first kappa shape index (κ1) is 20.6. The summed E-state index contributed by atoms with van der Waals surface area (Å²) in [5.74, 6) is 1.87. The van der Waals surface area contributed by atoms with Crippen LogP contribution in [0.25, 0.3) is 0 Å². The van der Waals surface area contributed by atoms with Crippen molar-refractivity contribution in [3.63, 3.8) is 0 Å². The summed E-state index contributed by atoms with van der Waals surface area (Å²) >= 11 is 7.68. The van der Waals surface area contributed by atoms with E-state index >= 15 is 0 Å². The second-order valence-electron chi connectivity index (χ2n) is 5.15. The van der Waals surface area contributed by atoms with Gasteiger partial charge in [0.2, 0.25) is 0 Å². The molecule has 0 unspecified atom stereocenters. The van der Waals surface area contributed by atoms with Gasteiger partial charge in [0.25, 0.3) is 5.91 Å². The Morgan fingerprint density at radius 2 is 1.83 bits per heavy atom. The molecule has 0 heterocycles. The molecule has 0 radical (unpaired) electrons. The standard InChI is InChI=1S/C17H27ClN4OS/c1-3-19-17(21-10-4-5-13-24-2)22-12-11-20-16(23)14-6-8-15(18)9-7-14/h6-9H,3-5,10-13H2,1-2H3,(H,20,23)(H2,19,21,22). The molecular weight excluding hydrogens is 344 g/mol. The van der Waals surface area contributed by atoms with Crippen LogP contribution in [-0.4, -0.2) is 50.1 Å². The molecule has 1 aromatic rings. The Balaban J connectivity index is 2.27. The maximum Gasteiger partial charge on any atom is 0.251 e. The molecule has 0 spiro atoms. The number of rotatable bonds is 10. The minimum atomic E-state index is -0.104. The van der Waals surface area contributed by atoms with Crippen LogP contribution in [0.5, 0.6) is 0 Å².